The molecule has 0 aliphatic rings. The van der Waals surface area contributed by atoms with E-state index < -0.39 is 23.8 Å². The number of alkyl halides is 4. The average Bonchev–Trinajstić information content (AvgIpc) is 2.54. The molecule has 0 fully saturated rings. The topological polar surface area (TPSA) is 55.0 Å². The van der Waals surface area contributed by atoms with E-state index in [1.807, 2.05) is 0 Å². The van der Waals surface area contributed by atoms with Gasteiger partial charge < -0.3 is 9.72 Å². The number of fused-ring (bicyclic) bond motifs is 1. The Kier molecular flexibility index (Phi) is 3.96. The van der Waals surface area contributed by atoms with Crippen LogP contribution in [0.5, 0.6) is 5.75 Å². The SMILES string of the molecule is O=c1[nH]c(-c2cccc(OC(F)(F)C(F)F)c2)nc2ccccc12. The predicted molar refractivity (Wildman–Crippen MR) is 79.4 cm³/mol. The zero-order chi connectivity index (χ0) is 17.3. The van der Waals surface area contributed by atoms with Crippen molar-refractivity contribution in [2.75, 3.05) is 0 Å². The van der Waals surface area contributed by atoms with E-state index in [0.29, 0.717) is 10.9 Å². The molecule has 124 valence electrons. The molecule has 1 heterocycles. The van der Waals surface area contributed by atoms with Crippen LogP contribution in [-0.2, 0) is 0 Å². The Morgan fingerprint density at radius 2 is 1.83 bits per heavy atom. The van der Waals surface area contributed by atoms with Gasteiger partial charge in [-0.25, -0.2) is 4.98 Å². The minimum Gasteiger partial charge on any atom is -0.428 e. The minimum atomic E-state index is -4.61. The normalized spacial score (nSPS) is 11.9. The molecule has 24 heavy (non-hydrogen) atoms. The van der Waals surface area contributed by atoms with Crippen molar-refractivity contribution in [1.29, 1.82) is 0 Å². The van der Waals surface area contributed by atoms with Gasteiger partial charge in [0.25, 0.3) is 5.56 Å². The van der Waals surface area contributed by atoms with E-state index in [4.69, 9.17) is 0 Å². The van der Waals surface area contributed by atoms with Crippen molar-refractivity contribution in [3.05, 3.63) is 58.9 Å². The lowest BCUT2D eigenvalue weighted by atomic mass is 10.2. The van der Waals surface area contributed by atoms with Crippen LogP contribution in [0.4, 0.5) is 17.6 Å². The predicted octanol–water partition coefficient (Wildman–Crippen LogP) is 3.83. The van der Waals surface area contributed by atoms with Crippen LogP contribution >= 0.6 is 0 Å². The van der Waals surface area contributed by atoms with Crippen LogP contribution in [0.15, 0.2) is 53.3 Å². The minimum absolute atomic E-state index is 0.115. The van der Waals surface area contributed by atoms with Crippen LogP contribution in [0.25, 0.3) is 22.3 Å². The molecule has 2 aromatic carbocycles. The number of nitrogens with zero attached hydrogens (tertiary/aromatic N) is 1. The largest absolute Gasteiger partial charge is 0.461 e. The molecule has 0 atom stereocenters. The van der Waals surface area contributed by atoms with Crippen molar-refractivity contribution in [2.24, 2.45) is 0 Å². The maximum atomic E-state index is 13.0. The molecule has 0 radical (unpaired) electrons. The molecular weight excluding hydrogens is 328 g/mol. The van der Waals surface area contributed by atoms with Gasteiger partial charge in [-0.1, -0.05) is 24.3 Å². The summed E-state index contributed by atoms with van der Waals surface area (Å²) < 4.78 is 54.5. The zero-order valence-corrected chi connectivity index (χ0v) is 12.0. The number of aromatic amines is 1. The van der Waals surface area contributed by atoms with Gasteiger partial charge in [-0.15, -0.1) is 0 Å². The highest BCUT2D eigenvalue weighted by Crippen LogP contribution is 2.29. The molecule has 0 saturated heterocycles. The molecule has 1 N–H and O–H groups in total. The Labute approximate surface area is 132 Å². The fourth-order valence-electron chi connectivity index (χ4n) is 2.13. The zero-order valence-electron chi connectivity index (χ0n) is 12.0. The Morgan fingerprint density at radius 1 is 1.08 bits per heavy atom. The summed E-state index contributed by atoms with van der Waals surface area (Å²) >= 11 is 0. The molecule has 0 aliphatic carbocycles. The molecule has 0 bridgehead atoms. The molecule has 0 spiro atoms. The fourth-order valence-corrected chi connectivity index (χ4v) is 2.13. The molecule has 0 aliphatic heterocycles. The van der Waals surface area contributed by atoms with Crippen molar-refractivity contribution < 1.29 is 22.3 Å². The van der Waals surface area contributed by atoms with Gasteiger partial charge in [0.1, 0.15) is 11.6 Å². The smallest absolute Gasteiger partial charge is 0.428 e. The van der Waals surface area contributed by atoms with Crippen molar-refractivity contribution in [3.63, 3.8) is 0 Å². The van der Waals surface area contributed by atoms with Gasteiger partial charge in [-0.05, 0) is 24.3 Å². The third kappa shape index (κ3) is 3.08. The standard InChI is InChI=1S/C16H10F4N2O2/c17-15(18)16(19,20)24-10-5-3-4-9(8-10)13-21-12-7-2-1-6-11(12)14(23)22-13/h1-8,15H,(H,21,22,23). The first kappa shape index (κ1) is 16.0. The molecule has 1 aromatic heterocycles. The van der Waals surface area contributed by atoms with E-state index in [1.54, 1.807) is 24.3 Å². The van der Waals surface area contributed by atoms with E-state index in [2.05, 4.69) is 14.7 Å². The number of nitrogens with one attached hydrogen (secondary N) is 1. The molecule has 4 nitrogen and oxygen atoms in total. The van der Waals surface area contributed by atoms with E-state index in [-0.39, 0.29) is 11.4 Å². The van der Waals surface area contributed by atoms with Crippen LogP contribution in [0.3, 0.4) is 0 Å². The quantitative estimate of drug-likeness (QED) is 0.736. The Balaban J connectivity index is 2.02. The lowest BCUT2D eigenvalue weighted by Crippen LogP contribution is -2.33. The first-order valence-corrected chi connectivity index (χ1v) is 6.81. The lowest BCUT2D eigenvalue weighted by Gasteiger charge is -2.17. The van der Waals surface area contributed by atoms with Gasteiger partial charge >= 0.3 is 12.5 Å². The first-order chi connectivity index (χ1) is 11.4. The number of para-hydroxylation sites is 1. The highest BCUT2D eigenvalue weighted by molar-refractivity contribution is 5.79. The monoisotopic (exact) mass is 338 g/mol. The van der Waals surface area contributed by atoms with E-state index in [0.717, 1.165) is 12.1 Å². The van der Waals surface area contributed by atoms with Crippen LogP contribution in [-0.4, -0.2) is 22.5 Å². The molecule has 0 saturated carbocycles. The number of hydrogen-bond acceptors (Lipinski definition) is 3. The summed E-state index contributed by atoms with van der Waals surface area (Å²) in [5.74, 6) is -0.349. The maximum absolute atomic E-state index is 13.0. The van der Waals surface area contributed by atoms with Crippen LogP contribution in [0.2, 0.25) is 0 Å². The van der Waals surface area contributed by atoms with Crippen LogP contribution in [0, 0.1) is 0 Å². The second-order valence-corrected chi connectivity index (χ2v) is 4.92. The van der Waals surface area contributed by atoms with Crippen molar-refractivity contribution >= 4 is 10.9 Å². The maximum Gasteiger partial charge on any atom is 0.461 e. The van der Waals surface area contributed by atoms with Crippen molar-refractivity contribution in [3.8, 4) is 17.1 Å². The second-order valence-electron chi connectivity index (χ2n) is 4.92. The summed E-state index contributed by atoms with van der Waals surface area (Å²) in [7, 11) is 0. The van der Waals surface area contributed by atoms with Gasteiger partial charge in [0.15, 0.2) is 0 Å². The summed E-state index contributed by atoms with van der Waals surface area (Å²) in [5.41, 5.74) is 0.265. The van der Waals surface area contributed by atoms with Gasteiger partial charge in [0, 0.05) is 5.56 Å². The Morgan fingerprint density at radius 3 is 2.58 bits per heavy atom. The van der Waals surface area contributed by atoms with E-state index in [1.165, 1.54) is 12.1 Å². The highest BCUT2D eigenvalue weighted by Gasteiger charge is 2.44. The Bertz CT molecular complexity index is 941. The van der Waals surface area contributed by atoms with Gasteiger partial charge in [0.2, 0.25) is 0 Å². The molecule has 8 heteroatoms. The van der Waals surface area contributed by atoms with Gasteiger partial charge in [-0.3, -0.25) is 4.79 Å². The van der Waals surface area contributed by atoms with Crippen LogP contribution < -0.4 is 10.3 Å². The number of hydrogen-bond donors (Lipinski definition) is 1. The molecule has 0 unspecified atom stereocenters. The number of rotatable bonds is 4. The summed E-state index contributed by atoms with van der Waals surface area (Å²) in [6.07, 6.45) is -8.57. The Hall–Kier alpha value is -2.90. The number of H-pyrrole nitrogens is 1. The third-order valence-corrected chi connectivity index (χ3v) is 3.23. The first-order valence-electron chi connectivity index (χ1n) is 6.81. The highest BCUT2D eigenvalue weighted by atomic mass is 19.3. The van der Waals surface area contributed by atoms with Crippen molar-refractivity contribution in [1.82, 2.24) is 9.97 Å². The van der Waals surface area contributed by atoms with Gasteiger partial charge in [0.05, 0.1) is 10.9 Å². The fraction of sp³-hybridized carbons (Fsp3) is 0.125. The summed E-state index contributed by atoms with van der Waals surface area (Å²) in [5, 5.41) is 0.373. The number of ether oxygens (including phenoxy) is 1. The van der Waals surface area contributed by atoms with Crippen LogP contribution in [0.1, 0.15) is 0 Å². The second kappa shape index (κ2) is 5.95. The molecular formula is C16H10F4N2O2. The van der Waals surface area contributed by atoms with E-state index >= 15 is 0 Å². The number of halogens is 4. The van der Waals surface area contributed by atoms with Gasteiger partial charge in [-0.2, -0.15) is 17.6 Å². The number of aromatic nitrogens is 2. The molecule has 3 aromatic rings. The average molecular weight is 338 g/mol. The number of benzene rings is 2. The summed E-state index contributed by atoms with van der Waals surface area (Å²) in [4.78, 5) is 18.8. The summed E-state index contributed by atoms with van der Waals surface area (Å²) in [6.45, 7) is 0. The summed E-state index contributed by atoms with van der Waals surface area (Å²) in [6, 6.07) is 11.6. The van der Waals surface area contributed by atoms with E-state index in [9.17, 15) is 22.4 Å². The molecule has 0 amide bonds. The van der Waals surface area contributed by atoms with Crippen molar-refractivity contribution in [2.45, 2.75) is 12.5 Å². The third-order valence-electron chi connectivity index (χ3n) is 3.23. The lowest BCUT2D eigenvalue weighted by molar-refractivity contribution is -0.253. The molecule has 3 rings (SSSR count).